The van der Waals surface area contributed by atoms with E-state index in [4.69, 9.17) is 9.47 Å². The number of rotatable bonds is 7. The summed E-state index contributed by atoms with van der Waals surface area (Å²) in [5.41, 5.74) is 5.37. The minimum atomic E-state index is -0.0531. The molecule has 1 aromatic carbocycles. The van der Waals surface area contributed by atoms with Crippen LogP contribution in [0.25, 0.3) is 0 Å². The first-order valence-corrected chi connectivity index (χ1v) is 12.2. The molecule has 2 atom stereocenters. The fourth-order valence-electron chi connectivity index (χ4n) is 4.73. The summed E-state index contributed by atoms with van der Waals surface area (Å²) in [6.45, 7) is 11.6. The van der Waals surface area contributed by atoms with Gasteiger partial charge in [-0.15, -0.1) is 11.3 Å². The quantitative estimate of drug-likeness (QED) is 0.704. The zero-order chi connectivity index (χ0) is 21.8. The van der Waals surface area contributed by atoms with E-state index < -0.39 is 0 Å². The fourth-order valence-corrected chi connectivity index (χ4v) is 5.26. The number of nitrogens with zero attached hydrogens (tertiary/aromatic N) is 2. The van der Waals surface area contributed by atoms with Gasteiger partial charge in [0.15, 0.2) is 5.13 Å². The maximum absolute atomic E-state index is 12.7. The van der Waals surface area contributed by atoms with Gasteiger partial charge in [0.05, 0.1) is 13.2 Å². The van der Waals surface area contributed by atoms with Crippen molar-refractivity contribution in [2.45, 2.75) is 40.0 Å². The van der Waals surface area contributed by atoms with Gasteiger partial charge < -0.3 is 14.8 Å². The summed E-state index contributed by atoms with van der Waals surface area (Å²) in [5, 5.41) is 5.53. The summed E-state index contributed by atoms with van der Waals surface area (Å²) in [6.07, 6.45) is 4.70. The molecule has 1 aliphatic carbocycles. The second kappa shape index (κ2) is 10.1. The first-order valence-electron chi connectivity index (χ1n) is 11.3. The van der Waals surface area contributed by atoms with Crippen molar-refractivity contribution in [1.82, 2.24) is 9.88 Å². The van der Waals surface area contributed by atoms with Crippen LogP contribution in [0.5, 0.6) is 5.75 Å². The Bertz CT molecular complexity index is 894. The molecule has 168 valence electrons. The number of anilines is 1. The molecule has 1 N–H and O–H groups in total. The number of ether oxygens (including phenoxy) is 2. The molecular formula is C24H33N3O3S. The molecule has 2 heterocycles. The molecule has 0 saturated carbocycles. The van der Waals surface area contributed by atoms with Crippen LogP contribution < -0.4 is 10.1 Å². The number of morpholine rings is 1. The molecular weight excluding hydrogens is 410 g/mol. The average molecular weight is 444 g/mol. The Balaban J connectivity index is 1.41. The van der Waals surface area contributed by atoms with Crippen LogP contribution >= 0.6 is 11.3 Å². The second-order valence-corrected chi connectivity index (χ2v) is 9.59. The smallest absolute Gasteiger partial charge is 0.229 e. The van der Waals surface area contributed by atoms with E-state index in [0.29, 0.717) is 17.7 Å². The number of carbonyl (C=O) groups is 1. The standard InChI is InChI=1S/C24H33N3O3S/c1-16-14-22(30-12-9-27-7-10-29-11-8-27)18(3)21-15-19(4-5-20(16)21)17(2)23(28)26-24-25-6-13-31-24/h6,13-14,17,19H,4-5,7-12,15H2,1-3H3,(H,25,26,28)/t17-,19+/m0/s1. The van der Waals surface area contributed by atoms with Gasteiger partial charge in [-0.05, 0) is 67.3 Å². The molecule has 2 aromatic rings. The van der Waals surface area contributed by atoms with Crippen molar-refractivity contribution in [2.75, 3.05) is 44.8 Å². The van der Waals surface area contributed by atoms with E-state index in [9.17, 15) is 4.79 Å². The zero-order valence-electron chi connectivity index (χ0n) is 18.8. The number of aromatic nitrogens is 1. The third-order valence-corrected chi connectivity index (χ3v) is 7.48. The lowest BCUT2D eigenvalue weighted by molar-refractivity contribution is -0.121. The van der Waals surface area contributed by atoms with E-state index in [-0.39, 0.29) is 11.8 Å². The van der Waals surface area contributed by atoms with Crippen LogP contribution in [-0.4, -0.2) is 55.2 Å². The third kappa shape index (κ3) is 5.27. The zero-order valence-corrected chi connectivity index (χ0v) is 19.6. The molecule has 7 heteroatoms. The number of thiazole rings is 1. The summed E-state index contributed by atoms with van der Waals surface area (Å²) >= 11 is 1.46. The van der Waals surface area contributed by atoms with Crippen molar-refractivity contribution in [3.05, 3.63) is 39.9 Å². The molecule has 2 aliphatic rings. The molecule has 1 fully saturated rings. The van der Waals surface area contributed by atoms with Crippen LogP contribution in [-0.2, 0) is 22.4 Å². The van der Waals surface area contributed by atoms with Crippen LogP contribution in [0.4, 0.5) is 5.13 Å². The highest BCUT2D eigenvalue weighted by Crippen LogP contribution is 2.38. The summed E-state index contributed by atoms with van der Waals surface area (Å²) in [4.78, 5) is 19.3. The molecule has 1 aliphatic heterocycles. The Morgan fingerprint density at radius 2 is 2.16 bits per heavy atom. The van der Waals surface area contributed by atoms with Crippen molar-refractivity contribution in [3.8, 4) is 5.75 Å². The van der Waals surface area contributed by atoms with Crippen LogP contribution in [0.2, 0.25) is 0 Å². The minimum Gasteiger partial charge on any atom is -0.492 e. The number of hydrogen-bond donors (Lipinski definition) is 1. The maximum atomic E-state index is 12.7. The van der Waals surface area contributed by atoms with Crippen LogP contribution in [0.15, 0.2) is 17.6 Å². The maximum Gasteiger partial charge on any atom is 0.229 e. The van der Waals surface area contributed by atoms with Crippen LogP contribution in [0.1, 0.15) is 35.6 Å². The summed E-state index contributed by atoms with van der Waals surface area (Å²) in [5.74, 6) is 1.33. The minimum absolute atomic E-state index is 0.0531. The van der Waals surface area contributed by atoms with Gasteiger partial charge in [-0.25, -0.2) is 4.98 Å². The highest BCUT2D eigenvalue weighted by atomic mass is 32.1. The molecule has 6 nitrogen and oxygen atoms in total. The topological polar surface area (TPSA) is 63.7 Å². The predicted molar refractivity (Wildman–Crippen MR) is 124 cm³/mol. The van der Waals surface area contributed by atoms with Gasteiger partial charge >= 0.3 is 0 Å². The Morgan fingerprint density at radius 1 is 1.35 bits per heavy atom. The van der Waals surface area contributed by atoms with E-state index in [2.05, 4.69) is 35.1 Å². The lowest BCUT2D eigenvalue weighted by Crippen LogP contribution is -2.38. The van der Waals surface area contributed by atoms with Crippen LogP contribution in [0.3, 0.4) is 0 Å². The first kappa shape index (κ1) is 22.2. The van der Waals surface area contributed by atoms with Gasteiger partial charge in [0.2, 0.25) is 5.91 Å². The third-order valence-electron chi connectivity index (χ3n) is 6.79. The summed E-state index contributed by atoms with van der Waals surface area (Å²) in [6, 6.07) is 2.20. The number of aryl methyl sites for hydroxylation is 1. The molecule has 0 radical (unpaired) electrons. The normalized spacial score (nSPS) is 20.2. The lowest BCUT2D eigenvalue weighted by Gasteiger charge is -2.31. The number of benzene rings is 1. The lowest BCUT2D eigenvalue weighted by atomic mass is 9.75. The Hall–Kier alpha value is -1.96. The van der Waals surface area contributed by atoms with Crippen molar-refractivity contribution >= 4 is 22.4 Å². The fraction of sp³-hybridized carbons (Fsp3) is 0.583. The molecule has 1 amide bonds. The second-order valence-electron chi connectivity index (χ2n) is 8.69. The summed E-state index contributed by atoms with van der Waals surface area (Å²) < 4.78 is 11.7. The molecule has 4 rings (SSSR count). The van der Waals surface area contributed by atoms with Gasteiger partial charge in [-0.2, -0.15) is 0 Å². The number of carbonyl (C=O) groups excluding carboxylic acids is 1. The van der Waals surface area contributed by atoms with E-state index in [1.54, 1.807) is 6.20 Å². The van der Waals surface area contributed by atoms with Gasteiger partial charge in [0, 0.05) is 37.1 Å². The van der Waals surface area contributed by atoms with E-state index in [1.807, 2.05) is 12.3 Å². The Labute approximate surface area is 189 Å². The molecule has 1 saturated heterocycles. The number of nitrogens with one attached hydrogen (secondary N) is 1. The van der Waals surface area contributed by atoms with E-state index in [0.717, 1.165) is 57.9 Å². The van der Waals surface area contributed by atoms with Gasteiger partial charge in [0.25, 0.3) is 0 Å². The largest absolute Gasteiger partial charge is 0.492 e. The van der Waals surface area contributed by atoms with E-state index >= 15 is 0 Å². The number of amides is 1. The molecule has 0 spiro atoms. The molecule has 31 heavy (non-hydrogen) atoms. The molecule has 1 aromatic heterocycles. The van der Waals surface area contributed by atoms with E-state index in [1.165, 1.54) is 33.6 Å². The average Bonchev–Trinajstić information content (AvgIpc) is 3.30. The SMILES string of the molecule is Cc1cc(OCCN2CCOCC2)c(C)c2c1CC[C@@H]([C@H](C)C(=O)Nc1nccs1)C2. The Morgan fingerprint density at radius 3 is 2.90 bits per heavy atom. The van der Waals surface area contributed by atoms with Crippen LogP contribution in [0, 0.1) is 25.7 Å². The van der Waals surface area contributed by atoms with Gasteiger partial charge in [-0.3, -0.25) is 9.69 Å². The van der Waals surface area contributed by atoms with Gasteiger partial charge in [-0.1, -0.05) is 6.92 Å². The molecule has 0 bridgehead atoms. The predicted octanol–water partition coefficient (Wildman–Crippen LogP) is 3.85. The van der Waals surface area contributed by atoms with Crippen molar-refractivity contribution in [3.63, 3.8) is 0 Å². The van der Waals surface area contributed by atoms with Crippen molar-refractivity contribution in [2.24, 2.45) is 11.8 Å². The first-order chi connectivity index (χ1) is 15.0. The number of fused-ring (bicyclic) bond motifs is 1. The van der Waals surface area contributed by atoms with Gasteiger partial charge in [0.1, 0.15) is 12.4 Å². The highest BCUT2D eigenvalue weighted by molar-refractivity contribution is 7.13. The van der Waals surface area contributed by atoms with Crippen molar-refractivity contribution in [1.29, 1.82) is 0 Å². The van der Waals surface area contributed by atoms with Crippen molar-refractivity contribution < 1.29 is 14.3 Å². The molecule has 0 unspecified atom stereocenters. The monoisotopic (exact) mass is 443 g/mol. The summed E-state index contributed by atoms with van der Waals surface area (Å²) in [7, 11) is 0. The number of hydrogen-bond acceptors (Lipinski definition) is 6. The highest BCUT2D eigenvalue weighted by Gasteiger charge is 2.30. The Kier molecular flexibility index (Phi) is 7.25.